The Morgan fingerprint density at radius 1 is 0.755 bits per heavy atom. The normalized spacial score (nSPS) is 10.2. The number of hydrogen-bond acceptors (Lipinski definition) is 10. The molecule has 0 spiro atoms. The van der Waals surface area contributed by atoms with Gasteiger partial charge in [0.1, 0.15) is 18.1 Å². The summed E-state index contributed by atoms with van der Waals surface area (Å²) in [5, 5.41) is 2.70. The first-order valence-corrected chi connectivity index (χ1v) is 17.7. The molecule has 53 heavy (non-hydrogen) atoms. The van der Waals surface area contributed by atoms with Crippen molar-refractivity contribution < 1.29 is 33.3 Å². The van der Waals surface area contributed by atoms with Crippen molar-refractivity contribution in [3.05, 3.63) is 108 Å². The summed E-state index contributed by atoms with van der Waals surface area (Å²) in [6.07, 6.45) is 1.01. The molecule has 1 atom stereocenters. The van der Waals surface area contributed by atoms with Crippen molar-refractivity contribution in [2.24, 2.45) is 0 Å². The first kappa shape index (κ1) is 45.6. The summed E-state index contributed by atoms with van der Waals surface area (Å²) in [5.74, 6) is 2.37. The molecule has 4 aromatic carbocycles. The maximum atomic E-state index is 13.1. The van der Waals surface area contributed by atoms with Gasteiger partial charge in [-0.3, -0.25) is 9.52 Å². The van der Waals surface area contributed by atoms with Gasteiger partial charge in [-0.1, -0.05) is 80.1 Å². The topological polar surface area (TPSA) is 131 Å². The molecule has 3 N–H and O–H groups in total. The molecule has 0 fully saturated rings. The quantitative estimate of drug-likeness (QED) is 0.0726. The summed E-state index contributed by atoms with van der Waals surface area (Å²) in [6.45, 7) is 6.18. The van der Waals surface area contributed by atoms with Crippen LogP contribution in [-0.4, -0.2) is 80.4 Å². The Morgan fingerprint density at radius 2 is 1.30 bits per heavy atom. The minimum absolute atomic E-state index is 0.0948. The summed E-state index contributed by atoms with van der Waals surface area (Å²) in [5.41, 5.74) is 3.92. The van der Waals surface area contributed by atoms with Crippen molar-refractivity contribution in [2.75, 3.05) is 65.9 Å². The fraction of sp³-hybridized carbons (Fsp3) is 0.325. The average molecular weight is 750 g/mol. The van der Waals surface area contributed by atoms with E-state index in [1.807, 2.05) is 93.5 Å². The van der Waals surface area contributed by atoms with Gasteiger partial charge in [0.25, 0.3) is 0 Å². The Morgan fingerprint density at radius 3 is 1.74 bits per heavy atom. The van der Waals surface area contributed by atoms with Gasteiger partial charge in [0.2, 0.25) is 11.7 Å². The second-order valence-corrected chi connectivity index (χ2v) is 11.7. The highest BCUT2D eigenvalue weighted by Gasteiger charge is 2.25. The highest BCUT2D eigenvalue weighted by Crippen LogP contribution is 2.40. The molecule has 0 saturated carbocycles. The first-order chi connectivity index (χ1) is 25.6. The molecule has 0 aliphatic rings. The van der Waals surface area contributed by atoms with Crippen LogP contribution in [0.15, 0.2) is 97.1 Å². The van der Waals surface area contributed by atoms with Crippen LogP contribution in [0.5, 0.6) is 23.0 Å². The summed E-state index contributed by atoms with van der Waals surface area (Å²) in [4.78, 5) is 39.1. The summed E-state index contributed by atoms with van der Waals surface area (Å²) < 4.78 is 26.0. The van der Waals surface area contributed by atoms with Crippen LogP contribution in [0.1, 0.15) is 25.0 Å². The molecule has 4 rings (SSSR count). The minimum Gasteiger partial charge on any atom is -0.497 e. The van der Waals surface area contributed by atoms with Crippen LogP contribution in [-0.2, 0) is 16.0 Å². The molecule has 13 heteroatoms. The summed E-state index contributed by atoms with van der Waals surface area (Å²) in [6, 6.07) is 29.3. The maximum Gasteiger partial charge on any atom is 0.326 e. The van der Waals surface area contributed by atoms with Crippen LogP contribution >= 0.6 is 12.1 Å². The Hall–Kier alpha value is -5.40. The van der Waals surface area contributed by atoms with Crippen molar-refractivity contribution in [3.8, 4) is 23.0 Å². The van der Waals surface area contributed by atoms with Crippen molar-refractivity contribution in [3.63, 3.8) is 0 Å². The number of ether oxygens (including phenoxy) is 4. The summed E-state index contributed by atoms with van der Waals surface area (Å²) in [7, 11) is 12.0. The number of hydrogen-bond donors (Lipinski definition) is 3. The molecule has 0 saturated heterocycles. The van der Waals surface area contributed by atoms with Crippen molar-refractivity contribution in [2.45, 2.75) is 33.2 Å². The molecule has 288 valence electrons. The van der Waals surface area contributed by atoms with Gasteiger partial charge >= 0.3 is 6.03 Å². The number of nitrogens with zero attached hydrogens (tertiary/aromatic N) is 2. The number of aryl methyl sites for hydroxylation is 1. The van der Waals surface area contributed by atoms with Crippen LogP contribution in [0.2, 0.25) is 0 Å². The van der Waals surface area contributed by atoms with Crippen LogP contribution in [0, 0.1) is 6.92 Å². The van der Waals surface area contributed by atoms with E-state index in [2.05, 4.69) is 33.8 Å². The van der Waals surface area contributed by atoms with E-state index in [9.17, 15) is 14.4 Å². The van der Waals surface area contributed by atoms with Crippen molar-refractivity contribution >= 4 is 41.7 Å². The molecule has 0 radical (unpaired) electrons. The number of carbonyl (C=O) groups is 3. The van der Waals surface area contributed by atoms with Crippen LogP contribution in [0.3, 0.4) is 0 Å². The lowest BCUT2D eigenvalue weighted by atomic mass is 10.0. The number of anilines is 2. The van der Waals surface area contributed by atoms with Gasteiger partial charge in [-0.15, -0.1) is 0 Å². The molecule has 0 aromatic heterocycles. The monoisotopic (exact) mass is 749 g/mol. The van der Waals surface area contributed by atoms with Gasteiger partial charge < -0.3 is 38.9 Å². The van der Waals surface area contributed by atoms with E-state index in [4.69, 9.17) is 18.9 Å². The molecule has 0 aliphatic heterocycles. The van der Waals surface area contributed by atoms with Gasteiger partial charge in [-0.05, 0) is 36.8 Å². The van der Waals surface area contributed by atoms with Gasteiger partial charge in [0.05, 0.1) is 35.0 Å². The fourth-order valence-electron chi connectivity index (χ4n) is 4.42. The molecular weight excluding hydrogens is 695 g/mol. The molecule has 0 bridgehead atoms. The largest absolute Gasteiger partial charge is 0.497 e. The Labute approximate surface area is 319 Å². The van der Waals surface area contributed by atoms with E-state index >= 15 is 0 Å². The first-order valence-electron chi connectivity index (χ1n) is 16.9. The molecule has 1 unspecified atom stereocenters. The van der Waals surface area contributed by atoms with Gasteiger partial charge in [-0.2, -0.15) is 0 Å². The van der Waals surface area contributed by atoms with E-state index in [1.54, 1.807) is 59.8 Å². The third-order valence-corrected chi connectivity index (χ3v) is 7.76. The van der Waals surface area contributed by atoms with E-state index in [0.29, 0.717) is 41.4 Å². The summed E-state index contributed by atoms with van der Waals surface area (Å²) >= 11 is 0.873. The SMILES string of the molecule is CC.COc1cc(N(C)C)cc(OC)c1OC.COc1ccc(N(C)C(=O)C(Cc2ccccc2)NC(=O)NSNCC=O)cc1.Cc1ccccc1. The van der Waals surface area contributed by atoms with Crippen LogP contribution in [0.4, 0.5) is 16.2 Å². The van der Waals surface area contributed by atoms with E-state index in [-0.39, 0.29) is 12.5 Å². The minimum atomic E-state index is -0.781. The fourth-order valence-corrected chi connectivity index (χ4v) is 4.80. The number of rotatable bonds is 14. The Balaban J connectivity index is 0.000000481. The highest BCUT2D eigenvalue weighted by atomic mass is 32.2. The highest BCUT2D eigenvalue weighted by molar-refractivity contribution is 7.96. The predicted octanol–water partition coefficient (Wildman–Crippen LogP) is 6.72. The molecule has 4 aromatic rings. The van der Waals surface area contributed by atoms with Crippen LogP contribution < -0.4 is 43.5 Å². The zero-order valence-electron chi connectivity index (χ0n) is 32.5. The van der Waals surface area contributed by atoms with Gasteiger partial charge in [0.15, 0.2) is 11.5 Å². The van der Waals surface area contributed by atoms with E-state index in [0.717, 1.165) is 23.4 Å². The number of carbonyl (C=O) groups excluding carboxylic acids is 3. The zero-order chi connectivity index (χ0) is 39.6. The van der Waals surface area contributed by atoms with Gasteiger partial charge in [0, 0.05) is 63.2 Å². The number of nitrogens with one attached hydrogen (secondary N) is 3. The Kier molecular flexibility index (Phi) is 22.7. The van der Waals surface area contributed by atoms with Crippen molar-refractivity contribution in [1.29, 1.82) is 0 Å². The number of amides is 3. The Bertz CT molecular complexity index is 1590. The number of benzene rings is 4. The van der Waals surface area contributed by atoms with E-state index < -0.39 is 12.1 Å². The van der Waals surface area contributed by atoms with Gasteiger partial charge in [-0.25, -0.2) is 9.52 Å². The number of urea groups is 1. The standard InChI is InChI=1S/C20H24N4O4S.C11H17NO3.C7H8.C2H6/c1-24(16-8-10-17(28-2)11-9-16)19(26)18(14-15-6-4-3-5-7-15)22-20(27)23-29-21-12-13-25;1-12(2)8-6-9(13-3)11(15-5)10(7-8)14-4;1-7-5-3-2-4-6-7;1-2/h3-11,13,18,21H,12,14H2,1-2H3,(H2,22,23,27);6-7H,1-5H3;2-6H,1H3;1-2H3. The second kappa shape index (κ2) is 26.4. The lowest BCUT2D eigenvalue weighted by Gasteiger charge is -2.25. The smallest absolute Gasteiger partial charge is 0.326 e. The lowest BCUT2D eigenvalue weighted by molar-refractivity contribution is -0.120. The average Bonchev–Trinajstić information content (AvgIpc) is 3.20. The van der Waals surface area contributed by atoms with Crippen molar-refractivity contribution in [1.82, 2.24) is 14.8 Å². The third kappa shape index (κ3) is 16.7. The number of methoxy groups -OCH3 is 4. The molecule has 12 nitrogen and oxygen atoms in total. The lowest BCUT2D eigenvalue weighted by Crippen LogP contribution is -2.51. The number of aldehydes is 1. The third-order valence-electron chi connectivity index (χ3n) is 7.17. The molecular formula is C40H55N5O7S. The maximum absolute atomic E-state index is 13.1. The molecule has 0 aliphatic carbocycles. The second-order valence-electron chi connectivity index (χ2n) is 11.0. The number of likely N-dealkylation sites (N-methyl/N-ethyl adjacent to an activating group) is 1. The molecule has 0 heterocycles. The zero-order valence-corrected chi connectivity index (χ0v) is 33.3. The predicted molar refractivity (Wildman–Crippen MR) is 217 cm³/mol. The molecule has 3 amide bonds. The van der Waals surface area contributed by atoms with Crippen LogP contribution in [0.25, 0.3) is 0 Å². The van der Waals surface area contributed by atoms with E-state index in [1.165, 1.54) is 10.5 Å².